The van der Waals surface area contributed by atoms with Gasteiger partial charge >= 0.3 is 0 Å². The molecule has 22 heavy (non-hydrogen) atoms. The fraction of sp³-hybridized carbons (Fsp3) is 0.375. The fourth-order valence-corrected chi connectivity index (χ4v) is 2.11. The summed E-state index contributed by atoms with van der Waals surface area (Å²) in [4.78, 5) is 12.1. The zero-order chi connectivity index (χ0) is 16.2. The van der Waals surface area contributed by atoms with E-state index in [1.165, 1.54) is 0 Å². The number of amides is 1. The first-order valence-electron chi connectivity index (χ1n) is 7.27. The summed E-state index contributed by atoms with van der Waals surface area (Å²) >= 11 is 5.84. The van der Waals surface area contributed by atoms with Gasteiger partial charge in [-0.05, 0) is 37.1 Å². The van der Waals surface area contributed by atoms with Crippen molar-refractivity contribution in [1.82, 2.24) is 10.5 Å². The van der Waals surface area contributed by atoms with Gasteiger partial charge in [-0.3, -0.25) is 4.79 Å². The number of hydrogen-bond acceptors (Lipinski definition) is 4. The molecule has 0 aliphatic heterocycles. The van der Waals surface area contributed by atoms with Crippen LogP contribution < -0.4 is 11.1 Å². The Hall–Kier alpha value is -1.85. The molecule has 5 nitrogen and oxygen atoms in total. The molecule has 118 valence electrons. The number of nitrogens with two attached hydrogens (primary N) is 1. The molecule has 0 aliphatic rings. The van der Waals surface area contributed by atoms with Gasteiger partial charge in [0.05, 0.1) is 0 Å². The maximum atomic E-state index is 12.1. The van der Waals surface area contributed by atoms with Gasteiger partial charge in [-0.2, -0.15) is 0 Å². The second-order valence-electron chi connectivity index (χ2n) is 5.34. The molecule has 1 aromatic carbocycles. The van der Waals surface area contributed by atoms with Gasteiger partial charge in [0, 0.05) is 28.7 Å². The number of hydrogen-bond donors (Lipinski definition) is 2. The van der Waals surface area contributed by atoms with Crippen molar-refractivity contribution in [3.05, 3.63) is 41.0 Å². The summed E-state index contributed by atoms with van der Waals surface area (Å²) < 4.78 is 5.21. The summed E-state index contributed by atoms with van der Waals surface area (Å²) in [6, 6.07) is 8.73. The highest BCUT2D eigenvalue weighted by Crippen LogP contribution is 2.22. The van der Waals surface area contributed by atoms with Crippen LogP contribution in [0.4, 0.5) is 0 Å². The van der Waals surface area contributed by atoms with Crippen LogP contribution in [0.3, 0.4) is 0 Å². The molecule has 6 heteroatoms. The first-order chi connectivity index (χ1) is 10.5. The van der Waals surface area contributed by atoms with Crippen molar-refractivity contribution < 1.29 is 9.32 Å². The van der Waals surface area contributed by atoms with Crippen molar-refractivity contribution >= 4 is 17.5 Å². The molecule has 0 atom stereocenters. The molecule has 1 aromatic heterocycles. The van der Waals surface area contributed by atoms with Gasteiger partial charge in [-0.15, -0.1) is 0 Å². The van der Waals surface area contributed by atoms with Crippen molar-refractivity contribution in [2.24, 2.45) is 5.73 Å². The minimum Gasteiger partial charge on any atom is -0.355 e. The molecule has 1 heterocycles. The molecule has 2 aromatic rings. The lowest BCUT2D eigenvalue weighted by molar-refractivity contribution is 0.0933. The maximum absolute atomic E-state index is 12.1. The van der Waals surface area contributed by atoms with Crippen molar-refractivity contribution in [3.63, 3.8) is 0 Å². The number of aromatic nitrogens is 1. The lowest BCUT2D eigenvalue weighted by Crippen LogP contribution is -2.49. The smallest absolute Gasteiger partial charge is 0.273 e. The molecule has 0 unspecified atom stereocenters. The Bertz CT molecular complexity index is 633. The van der Waals surface area contributed by atoms with Gasteiger partial charge in [-0.1, -0.05) is 30.6 Å². The Morgan fingerprint density at radius 1 is 1.32 bits per heavy atom. The molecule has 0 spiro atoms. The molecule has 1 amide bonds. The van der Waals surface area contributed by atoms with E-state index in [0.29, 0.717) is 17.3 Å². The largest absolute Gasteiger partial charge is 0.355 e. The second-order valence-corrected chi connectivity index (χ2v) is 5.77. The van der Waals surface area contributed by atoms with E-state index in [4.69, 9.17) is 21.9 Å². The molecule has 2 rings (SSSR count). The normalized spacial score (nSPS) is 11.5. The van der Waals surface area contributed by atoms with Gasteiger partial charge in [0.1, 0.15) is 0 Å². The molecule has 3 N–H and O–H groups in total. The van der Waals surface area contributed by atoms with Crippen molar-refractivity contribution in [1.29, 1.82) is 0 Å². The first kappa shape index (κ1) is 16.5. The number of benzene rings is 1. The summed E-state index contributed by atoms with van der Waals surface area (Å²) in [5.41, 5.74) is 6.82. The average molecular weight is 322 g/mol. The predicted molar refractivity (Wildman–Crippen MR) is 86.8 cm³/mol. The third kappa shape index (κ3) is 3.87. The molecular formula is C16H20ClN3O2. The van der Waals surface area contributed by atoms with E-state index in [2.05, 4.69) is 10.5 Å². The second kappa shape index (κ2) is 6.94. The number of rotatable bonds is 6. The molecule has 0 fully saturated rings. The van der Waals surface area contributed by atoms with Crippen LogP contribution in [0.5, 0.6) is 0 Å². The highest BCUT2D eigenvalue weighted by atomic mass is 35.5. The lowest BCUT2D eigenvalue weighted by atomic mass is 9.94. The zero-order valence-corrected chi connectivity index (χ0v) is 13.5. The average Bonchev–Trinajstić information content (AvgIpc) is 3.03. The van der Waals surface area contributed by atoms with E-state index in [1.54, 1.807) is 18.2 Å². The van der Waals surface area contributed by atoms with Crippen LogP contribution in [0.15, 0.2) is 34.9 Å². The molecule has 0 saturated heterocycles. The molecule has 0 saturated carbocycles. The molecule has 0 bridgehead atoms. The number of nitrogens with zero attached hydrogens (tertiary/aromatic N) is 1. The first-order valence-corrected chi connectivity index (χ1v) is 7.65. The Morgan fingerprint density at radius 2 is 1.95 bits per heavy atom. The summed E-state index contributed by atoms with van der Waals surface area (Å²) in [6.07, 6.45) is 1.58. The Labute approximate surface area is 134 Å². The van der Waals surface area contributed by atoms with Gasteiger partial charge in [0.2, 0.25) is 0 Å². The van der Waals surface area contributed by atoms with Crippen molar-refractivity contribution in [2.45, 2.75) is 32.2 Å². The third-order valence-electron chi connectivity index (χ3n) is 3.88. The van der Waals surface area contributed by atoms with Crippen LogP contribution in [0, 0.1) is 0 Å². The number of carbonyl (C=O) groups is 1. The molecular weight excluding hydrogens is 302 g/mol. The highest BCUT2D eigenvalue weighted by Gasteiger charge is 2.22. The van der Waals surface area contributed by atoms with Gasteiger partial charge in [0.25, 0.3) is 5.91 Å². The van der Waals surface area contributed by atoms with Gasteiger partial charge in [0.15, 0.2) is 11.5 Å². The van der Waals surface area contributed by atoms with E-state index in [9.17, 15) is 4.79 Å². The number of halogens is 1. The van der Waals surface area contributed by atoms with Crippen LogP contribution in [0.2, 0.25) is 5.02 Å². The van der Waals surface area contributed by atoms with E-state index in [-0.39, 0.29) is 11.6 Å². The van der Waals surface area contributed by atoms with E-state index < -0.39 is 5.54 Å². The van der Waals surface area contributed by atoms with Gasteiger partial charge in [-0.25, -0.2) is 0 Å². The van der Waals surface area contributed by atoms with E-state index in [1.807, 2.05) is 26.0 Å². The minimum atomic E-state index is -0.390. The number of nitrogens with one attached hydrogen (secondary N) is 1. The Balaban J connectivity index is 2.05. The summed E-state index contributed by atoms with van der Waals surface area (Å²) in [5.74, 6) is 0.229. The van der Waals surface area contributed by atoms with Crippen molar-refractivity contribution in [3.8, 4) is 11.3 Å². The zero-order valence-electron chi connectivity index (χ0n) is 12.7. The van der Waals surface area contributed by atoms with Crippen LogP contribution in [0.25, 0.3) is 11.3 Å². The summed E-state index contributed by atoms with van der Waals surface area (Å²) in [6.45, 7) is 4.41. The maximum Gasteiger partial charge on any atom is 0.273 e. The van der Waals surface area contributed by atoms with Crippen molar-refractivity contribution in [2.75, 3.05) is 6.54 Å². The fourth-order valence-electron chi connectivity index (χ4n) is 1.98. The van der Waals surface area contributed by atoms with Crippen LogP contribution in [-0.2, 0) is 0 Å². The Morgan fingerprint density at radius 3 is 2.55 bits per heavy atom. The van der Waals surface area contributed by atoms with E-state index in [0.717, 1.165) is 18.4 Å². The lowest BCUT2D eigenvalue weighted by Gasteiger charge is -2.26. The standard InChI is InChI=1S/C16H20ClN3O2/c1-3-16(18,4-2)10-19-15(21)13-9-14(22-20-13)11-5-7-12(17)8-6-11/h5-9H,3-4,10,18H2,1-2H3,(H,19,21). The third-order valence-corrected chi connectivity index (χ3v) is 4.13. The highest BCUT2D eigenvalue weighted by molar-refractivity contribution is 6.30. The predicted octanol–water partition coefficient (Wildman–Crippen LogP) is 3.24. The molecule has 0 aliphatic carbocycles. The van der Waals surface area contributed by atoms with E-state index >= 15 is 0 Å². The van der Waals surface area contributed by atoms with Crippen LogP contribution in [-0.4, -0.2) is 23.1 Å². The minimum absolute atomic E-state index is 0.236. The monoisotopic (exact) mass is 321 g/mol. The summed E-state index contributed by atoms with van der Waals surface area (Å²) in [7, 11) is 0. The SMILES string of the molecule is CCC(N)(CC)CNC(=O)c1cc(-c2ccc(Cl)cc2)on1. The Kier molecular flexibility index (Phi) is 5.21. The van der Waals surface area contributed by atoms with Crippen LogP contribution in [0.1, 0.15) is 37.2 Å². The van der Waals surface area contributed by atoms with Crippen LogP contribution >= 0.6 is 11.6 Å². The summed E-state index contributed by atoms with van der Waals surface area (Å²) in [5, 5.41) is 7.25. The quantitative estimate of drug-likeness (QED) is 0.855. The van der Waals surface area contributed by atoms with Gasteiger partial charge < -0.3 is 15.6 Å². The topological polar surface area (TPSA) is 81.1 Å². The molecule has 0 radical (unpaired) electrons. The number of carbonyl (C=O) groups excluding carboxylic acids is 1.